The summed E-state index contributed by atoms with van der Waals surface area (Å²) in [6, 6.07) is 14.9. The van der Waals surface area contributed by atoms with Crippen LogP contribution in [0, 0.1) is 0 Å². The first kappa shape index (κ1) is 16.9. The van der Waals surface area contributed by atoms with Gasteiger partial charge in [0.2, 0.25) is 5.72 Å². The van der Waals surface area contributed by atoms with Crippen LogP contribution in [0.4, 0.5) is 0 Å². The van der Waals surface area contributed by atoms with Crippen molar-refractivity contribution in [2.24, 2.45) is 10.2 Å². The molecule has 5 heteroatoms. The van der Waals surface area contributed by atoms with E-state index in [-0.39, 0.29) is 6.04 Å². The van der Waals surface area contributed by atoms with Crippen LogP contribution in [0.3, 0.4) is 0 Å². The number of hydrogen-bond acceptors (Lipinski definition) is 3. The molecule has 2 unspecified atom stereocenters. The SMILES string of the molecule is COC(C)(N=NC(C)c1ccc(Cl)cc1)c1ccc(Cl)cc1. The highest BCUT2D eigenvalue weighted by molar-refractivity contribution is 6.30. The molecule has 0 spiro atoms. The summed E-state index contributed by atoms with van der Waals surface area (Å²) in [7, 11) is 1.61. The summed E-state index contributed by atoms with van der Waals surface area (Å²) >= 11 is 11.8. The van der Waals surface area contributed by atoms with Gasteiger partial charge in [-0.3, -0.25) is 0 Å². The van der Waals surface area contributed by atoms with Crippen molar-refractivity contribution in [1.29, 1.82) is 0 Å². The first-order valence-electron chi connectivity index (χ1n) is 6.93. The maximum absolute atomic E-state index is 5.92. The molecule has 2 rings (SSSR count). The van der Waals surface area contributed by atoms with E-state index in [2.05, 4.69) is 10.2 Å². The zero-order valence-electron chi connectivity index (χ0n) is 12.8. The minimum Gasteiger partial charge on any atom is -0.352 e. The summed E-state index contributed by atoms with van der Waals surface area (Å²) in [5.41, 5.74) is 1.10. The summed E-state index contributed by atoms with van der Waals surface area (Å²) in [5.74, 6) is 0. The van der Waals surface area contributed by atoms with Crippen molar-refractivity contribution < 1.29 is 4.74 Å². The largest absolute Gasteiger partial charge is 0.352 e. The normalized spacial score (nSPS) is 15.7. The van der Waals surface area contributed by atoms with Gasteiger partial charge in [-0.2, -0.15) is 10.2 Å². The third kappa shape index (κ3) is 4.07. The van der Waals surface area contributed by atoms with Gasteiger partial charge in [0.25, 0.3) is 0 Å². The molecule has 0 N–H and O–H groups in total. The number of halogens is 2. The molecule has 0 saturated carbocycles. The molecule has 0 aromatic heterocycles. The van der Waals surface area contributed by atoms with E-state index in [9.17, 15) is 0 Å². The first-order chi connectivity index (χ1) is 10.4. The average Bonchev–Trinajstić information content (AvgIpc) is 2.53. The highest BCUT2D eigenvalue weighted by Gasteiger charge is 2.26. The van der Waals surface area contributed by atoms with Gasteiger partial charge in [-0.15, -0.1) is 0 Å². The standard InChI is InChI=1S/C17H18Cl2N2O/c1-12(13-4-8-15(18)9-5-13)20-21-17(2,22-3)14-6-10-16(19)11-7-14/h4-12H,1-3H3. The quantitative estimate of drug-likeness (QED) is 0.614. The van der Waals surface area contributed by atoms with E-state index >= 15 is 0 Å². The van der Waals surface area contributed by atoms with Crippen LogP contribution >= 0.6 is 23.2 Å². The molecule has 0 aliphatic rings. The van der Waals surface area contributed by atoms with E-state index in [4.69, 9.17) is 27.9 Å². The fourth-order valence-electron chi connectivity index (χ4n) is 1.98. The molecule has 0 aliphatic carbocycles. The molecule has 2 aromatic carbocycles. The topological polar surface area (TPSA) is 34.0 Å². The molecule has 2 aromatic rings. The minimum atomic E-state index is -0.842. The lowest BCUT2D eigenvalue weighted by Gasteiger charge is -2.23. The van der Waals surface area contributed by atoms with E-state index in [1.165, 1.54) is 0 Å². The molecule has 0 aliphatic heterocycles. The molecule has 0 radical (unpaired) electrons. The van der Waals surface area contributed by atoms with Gasteiger partial charge in [0.1, 0.15) is 0 Å². The van der Waals surface area contributed by atoms with Crippen molar-refractivity contribution >= 4 is 23.2 Å². The lowest BCUT2D eigenvalue weighted by molar-refractivity contribution is 0.00218. The highest BCUT2D eigenvalue weighted by atomic mass is 35.5. The fourth-order valence-corrected chi connectivity index (χ4v) is 2.23. The Hall–Kier alpha value is -1.42. The number of benzene rings is 2. The number of rotatable bonds is 5. The zero-order valence-corrected chi connectivity index (χ0v) is 14.3. The van der Waals surface area contributed by atoms with Crippen molar-refractivity contribution in [2.75, 3.05) is 7.11 Å². The Morgan fingerprint density at radius 1 is 0.955 bits per heavy atom. The molecule has 116 valence electrons. The van der Waals surface area contributed by atoms with Gasteiger partial charge in [0.05, 0.1) is 6.04 Å². The van der Waals surface area contributed by atoms with Crippen LogP contribution in [0.15, 0.2) is 58.8 Å². The maximum Gasteiger partial charge on any atom is 0.201 e. The van der Waals surface area contributed by atoms with Crippen LogP contribution in [-0.4, -0.2) is 7.11 Å². The van der Waals surface area contributed by atoms with Gasteiger partial charge in [0.15, 0.2) is 0 Å². The molecule has 0 heterocycles. The van der Waals surface area contributed by atoms with Crippen molar-refractivity contribution in [3.05, 3.63) is 69.7 Å². The average molecular weight is 337 g/mol. The fraction of sp³-hybridized carbons (Fsp3) is 0.294. The van der Waals surface area contributed by atoms with E-state index in [1.807, 2.05) is 62.4 Å². The second-order valence-electron chi connectivity index (χ2n) is 5.14. The smallest absolute Gasteiger partial charge is 0.201 e. The summed E-state index contributed by atoms with van der Waals surface area (Å²) in [6.45, 7) is 3.85. The van der Waals surface area contributed by atoms with Gasteiger partial charge in [-0.25, -0.2) is 0 Å². The molecular formula is C17H18Cl2N2O. The third-order valence-electron chi connectivity index (χ3n) is 3.55. The summed E-state index contributed by atoms with van der Waals surface area (Å²) < 4.78 is 5.54. The lowest BCUT2D eigenvalue weighted by atomic mass is 10.1. The maximum atomic E-state index is 5.92. The summed E-state index contributed by atoms with van der Waals surface area (Å²) in [5, 5.41) is 10.2. The summed E-state index contributed by atoms with van der Waals surface area (Å²) in [6.07, 6.45) is 0. The van der Waals surface area contributed by atoms with Crippen LogP contribution in [0.5, 0.6) is 0 Å². The van der Waals surface area contributed by atoms with Gasteiger partial charge in [-0.05, 0) is 43.7 Å². The van der Waals surface area contributed by atoms with Crippen molar-refractivity contribution in [1.82, 2.24) is 0 Å². The molecule has 2 atom stereocenters. The Morgan fingerprint density at radius 2 is 1.45 bits per heavy atom. The third-order valence-corrected chi connectivity index (χ3v) is 4.06. The number of nitrogens with zero attached hydrogens (tertiary/aromatic N) is 2. The first-order valence-corrected chi connectivity index (χ1v) is 7.69. The monoisotopic (exact) mass is 336 g/mol. The van der Waals surface area contributed by atoms with Crippen LogP contribution in [-0.2, 0) is 10.5 Å². The van der Waals surface area contributed by atoms with E-state index in [0.29, 0.717) is 10.0 Å². The molecule has 3 nitrogen and oxygen atoms in total. The molecule has 0 amide bonds. The van der Waals surface area contributed by atoms with Crippen LogP contribution in [0.1, 0.15) is 31.0 Å². The second-order valence-corrected chi connectivity index (χ2v) is 6.01. The predicted molar refractivity (Wildman–Crippen MR) is 90.5 cm³/mol. The van der Waals surface area contributed by atoms with Crippen LogP contribution in [0.2, 0.25) is 10.0 Å². The molecular weight excluding hydrogens is 319 g/mol. The van der Waals surface area contributed by atoms with Gasteiger partial charge in [-0.1, -0.05) is 47.5 Å². The second kappa shape index (κ2) is 7.23. The number of methoxy groups -OCH3 is 1. The number of hydrogen-bond donors (Lipinski definition) is 0. The Kier molecular flexibility index (Phi) is 5.57. The van der Waals surface area contributed by atoms with Crippen molar-refractivity contribution in [2.45, 2.75) is 25.6 Å². The zero-order chi connectivity index (χ0) is 16.2. The Morgan fingerprint density at radius 3 is 1.95 bits per heavy atom. The van der Waals surface area contributed by atoms with Gasteiger partial charge in [0, 0.05) is 22.7 Å². The van der Waals surface area contributed by atoms with Crippen molar-refractivity contribution in [3.8, 4) is 0 Å². The number of azo groups is 1. The Balaban J connectivity index is 2.21. The molecule has 22 heavy (non-hydrogen) atoms. The Labute approximate surface area is 140 Å². The molecule has 0 fully saturated rings. The summed E-state index contributed by atoms with van der Waals surface area (Å²) in [4.78, 5) is 0. The van der Waals surface area contributed by atoms with E-state index in [1.54, 1.807) is 7.11 Å². The van der Waals surface area contributed by atoms with Gasteiger partial charge < -0.3 is 4.74 Å². The van der Waals surface area contributed by atoms with Crippen molar-refractivity contribution in [3.63, 3.8) is 0 Å². The van der Waals surface area contributed by atoms with Crippen LogP contribution in [0.25, 0.3) is 0 Å². The Bertz CT molecular complexity index is 641. The van der Waals surface area contributed by atoms with Crippen LogP contribution < -0.4 is 0 Å². The minimum absolute atomic E-state index is 0.0842. The number of ether oxygens (including phenoxy) is 1. The van der Waals surface area contributed by atoms with Gasteiger partial charge >= 0.3 is 0 Å². The molecule has 0 saturated heterocycles. The van der Waals surface area contributed by atoms with E-state index in [0.717, 1.165) is 11.1 Å². The van der Waals surface area contributed by atoms with E-state index < -0.39 is 5.72 Å². The molecule has 0 bridgehead atoms. The predicted octanol–water partition coefficient (Wildman–Crippen LogP) is 6.03. The highest BCUT2D eigenvalue weighted by Crippen LogP contribution is 2.30. The lowest BCUT2D eigenvalue weighted by Crippen LogP contribution is -2.21.